The molecule has 0 aromatic carbocycles. The number of rotatable bonds is 4. The predicted octanol–water partition coefficient (Wildman–Crippen LogP) is 0.261. The summed E-state index contributed by atoms with van der Waals surface area (Å²) in [7, 11) is 1.71. The number of aromatic nitrogens is 2. The van der Waals surface area contributed by atoms with Gasteiger partial charge in [-0.15, -0.1) is 0 Å². The Morgan fingerprint density at radius 1 is 1.56 bits per heavy atom. The quantitative estimate of drug-likeness (QED) is 0.769. The van der Waals surface area contributed by atoms with Gasteiger partial charge in [0, 0.05) is 19.8 Å². The van der Waals surface area contributed by atoms with Crippen LogP contribution in [0.2, 0.25) is 0 Å². The fourth-order valence-corrected chi connectivity index (χ4v) is 1.00. The first-order valence-electron chi connectivity index (χ1n) is 4.84. The van der Waals surface area contributed by atoms with Crippen LogP contribution in [0.4, 0.5) is 0 Å². The van der Waals surface area contributed by atoms with Crippen molar-refractivity contribution in [2.45, 2.75) is 13.8 Å². The number of amides is 1. The van der Waals surface area contributed by atoms with Gasteiger partial charge in [-0.3, -0.25) is 14.3 Å². The third-order valence-electron chi connectivity index (χ3n) is 2.22. The first kappa shape index (κ1) is 12.2. The molecule has 6 heteroatoms. The summed E-state index contributed by atoms with van der Waals surface area (Å²) in [6.45, 7) is 3.17. The minimum Gasteiger partial charge on any atom is -0.481 e. The molecule has 1 rings (SSSR count). The highest BCUT2D eigenvalue weighted by molar-refractivity contribution is 5.92. The molecular weight excluding hydrogens is 210 g/mol. The molecule has 2 N–H and O–H groups in total. The summed E-state index contributed by atoms with van der Waals surface area (Å²) in [4.78, 5) is 22.4. The van der Waals surface area contributed by atoms with Crippen LogP contribution in [0.3, 0.4) is 0 Å². The van der Waals surface area contributed by atoms with Gasteiger partial charge in [0.05, 0.1) is 5.41 Å². The van der Waals surface area contributed by atoms with Crippen molar-refractivity contribution in [3.05, 3.63) is 18.0 Å². The monoisotopic (exact) mass is 225 g/mol. The van der Waals surface area contributed by atoms with Crippen LogP contribution in [0.25, 0.3) is 0 Å². The zero-order valence-corrected chi connectivity index (χ0v) is 9.52. The lowest BCUT2D eigenvalue weighted by Gasteiger charge is -2.18. The second-order valence-electron chi connectivity index (χ2n) is 4.25. The van der Waals surface area contributed by atoms with Gasteiger partial charge in [0.25, 0.3) is 5.91 Å². The Kier molecular flexibility index (Phi) is 3.31. The van der Waals surface area contributed by atoms with Crippen molar-refractivity contribution in [3.63, 3.8) is 0 Å². The minimum atomic E-state index is -0.982. The summed E-state index contributed by atoms with van der Waals surface area (Å²) >= 11 is 0. The maximum absolute atomic E-state index is 11.5. The highest BCUT2D eigenvalue weighted by atomic mass is 16.4. The van der Waals surface area contributed by atoms with Gasteiger partial charge in [-0.25, -0.2) is 0 Å². The summed E-state index contributed by atoms with van der Waals surface area (Å²) in [6, 6.07) is 1.57. The van der Waals surface area contributed by atoms with Crippen LogP contribution in [0.1, 0.15) is 24.3 Å². The minimum absolute atomic E-state index is 0.0672. The van der Waals surface area contributed by atoms with Crippen molar-refractivity contribution < 1.29 is 14.7 Å². The lowest BCUT2D eigenvalue weighted by atomic mass is 9.94. The molecule has 0 saturated heterocycles. The fraction of sp³-hybridized carbons (Fsp3) is 0.500. The standard InChI is InChI=1S/C10H15N3O3/c1-10(2,9(15)16)6-11-8(14)7-4-5-13(3)12-7/h4-5H,6H2,1-3H3,(H,11,14)(H,15,16). The molecule has 0 saturated carbocycles. The summed E-state index contributed by atoms with van der Waals surface area (Å²) < 4.78 is 1.51. The molecule has 0 fully saturated rings. The summed E-state index contributed by atoms with van der Waals surface area (Å²) in [5.41, 5.74) is -0.701. The van der Waals surface area contributed by atoms with E-state index in [-0.39, 0.29) is 18.1 Å². The van der Waals surface area contributed by atoms with E-state index in [9.17, 15) is 9.59 Å². The molecule has 88 valence electrons. The molecule has 0 atom stereocenters. The van der Waals surface area contributed by atoms with E-state index in [0.29, 0.717) is 0 Å². The Morgan fingerprint density at radius 3 is 2.62 bits per heavy atom. The third kappa shape index (κ3) is 2.82. The molecule has 1 aromatic rings. The van der Waals surface area contributed by atoms with E-state index in [4.69, 9.17) is 5.11 Å². The van der Waals surface area contributed by atoms with Gasteiger partial charge in [-0.2, -0.15) is 5.10 Å². The Bertz CT molecular complexity index is 409. The molecule has 6 nitrogen and oxygen atoms in total. The second kappa shape index (κ2) is 4.34. The van der Waals surface area contributed by atoms with Crippen LogP contribution >= 0.6 is 0 Å². The number of nitrogens with one attached hydrogen (secondary N) is 1. The third-order valence-corrected chi connectivity index (χ3v) is 2.22. The Balaban J connectivity index is 2.57. The van der Waals surface area contributed by atoms with Crippen LogP contribution in [0.5, 0.6) is 0 Å². The van der Waals surface area contributed by atoms with E-state index in [1.165, 1.54) is 4.68 Å². The van der Waals surface area contributed by atoms with Crippen molar-refractivity contribution in [1.29, 1.82) is 0 Å². The number of carboxylic acids is 1. The molecule has 0 aliphatic heterocycles. The lowest BCUT2D eigenvalue weighted by Crippen LogP contribution is -2.39. The van der Waals surface area contributed by atoms with Crippen LogP contribution in [-0.4, -0.2) is 33.3 Å². The number of hydrogen-bond donors (Lipinski definition) is 2. The van der Waals surface area contributed by atoms with E-state index in [1.807, 2.05) is 0 Å². The van der Waals surface area contributed by atoms with E-state index in [2.05, 4.69) is 10.4 Å². The normalized spacial score (nSPS) is 11.2. The Labute approximate surface area is 93.3 Å². The van der Waals surface area contributed by atoms with E-state index in [1.54, 1.807) is 33.2 Å². The SMILES string of the molecule is Cn1ccc(C(=O)NCC(C)(C)C(=O)O)n1. The lowest BCUT2D eigenvalue weighted by molar-refractivity contribution is -0.146. The number of aryl methyl sites for hydroxylation is 1. The van der Waals surface area contributed by atoms with E-state index in [0.717, 1.165) is 0 Å². The average molecular weight is 225 g/mol. The highest BCUT2D eigenvalue weighted by Gasteiger charge is 2.27. The van der Waals surface area contributed by atoms with E-state index < -0.39 is 11.4 Å². The van der Waals surface area contributed by atoms with Gasteiger partial charge in [-0.1, -0.05) is 0 Å². The van der Waals surface area contributed by atoms with Gasteiger partial charge in [-0.05, 0) is 19.9 Å². The first-order chi connectivity index (χ1) is 7.33. The number of carbonyl (C=O) groups excluding carboxylic acids is 1. The molecule has 0 aliphatic carbocycles. The van der Waals surface area contributed by atoms with Gasteiger partial charge in [0.2, 0.25) is 0 Å². The molecule has 1 aromatic heterocycles. The summed E-state index contributed by atoms with van der Waals surface area (Å²) in [5, 5.41) is 15.3. The van der Waals surface area contributed by atoms with E-state index >= 15 is 0 Å². The number of aliphatic carboxylic acids is 1. The molecule has 0 radical (unpaired) electrons. The maximum atomic E-state index is 11.5. The van der Waals surface area contributed by atoms with Crippen LogP contribution < -0.4 is 5.32 Å². The van der Waals surface area contributed by atoms with Crippen molar-refractivity contribution in [2.24, 2.45) is 12.5 Å². The summed E-state index contributed by atoms with van der Waals surface area (Å²) in [6.07, 6.45) is 1.65. The van der Waals surface area contributed by atoms with Gasteiger partial charge < -0.3 is 10.4 Å². The number of hydrogen-bond acceptors (Lipinski definition) is 3. The van der Waals surface area contributed by atoms with Gasteiger partial charge in [0.1, 0.15) is 5.69 Å². The Morgan fingerprint density at radius 2 is 2.19 bits per heavy atom. The highest BCUT2D eigenvalue weighted by Crippen LogP contribution is 2.13. The topological polar surface area (TPSA) is 84.2 Å². The van der Waals surface area contributed by atoms with Crippen molar-refractivity contribution in [3.8, 4) is 0 Å². The zero-order chi connectivity index (χ0) is 12.3. The zero-order valence-electron chi connectivity index (χ0n) is 9.52. The largest absolute Gasteiger partial charge is 0.481 e. The predicted molar refractivity (Wildman–Crippen MR) is 57.0 cm³/mol. The molecule has 16 heavy (non-hydrogen) atoms. The van der Waals surface area contributed by atoms with Crippen LogP contribution in [0.15, 0.2) is 12.3 Å². The average Bonchev–Trinajstić information content (AvgIpc) is 2.61. The molecule has 0 bridgehead atoms. The molecular formula is C10H15N3O3. The van der Waals surface area contributed by atoms with Crippen LogP contribution in [0, 0.1) is 5.41 Å². The van der Waals surface area contributed by atoms with Crippen LogP contribution in [-0.2, 0) is 11.8 Å². The van der Waals surface area contributed by atoms with Crippen molar-refractivity contribution in [2.75, 3.05) is 6.54 Å². The molecule has 0 aliphatic rings. The first-order valence-corrected chi connectivity index (χ1v) is 4.84. The Hall–Kier alpha value is -1.85. The summed E-state index contributed by atoms with van der Waals surface area (Å²) in [5.74, 6) is -1.32. The smallest absolute Gasteiger partial charge is 0.310 e. The molecule has 1 amide bonds. The number of carboxylic acid groups (broad SMARTS) is 1. The molecule has 1 heterocycles. The molecule has 0 unspecified atom stereocenters. The number of carbonyl (C=O) groups is 2. The maximum Gasteiger partial charge on any atom is 0.310 e. The second-order valence-corrected chi connectivity index (χ2v) is 4.25. The van der Waals surface area contributed by atoms with Crippen molar-refractivity contribution in [1.82, 2.24) is 15.1 Å². The van der Waals surface area contributed by atoms with Gasteiger partial charge in [0.15, 0.2) is 0 Å². The number of nitrogens with zero attached hydrogens (tertiary/aromatic N) is 2. The fourth-order valence-electron chi connectivity index (χ4n) is 1.00. The van der Waals surface area contributed by atoms with Gasteiger partial charge >= 0.3 is 5.97 Å². The molecule has 0 spiro atoms. The van der Waals surface area contributed by atoms with Crippen molar-refractivity contribution >= 4 is 11.9 Å².